The Hall–Kier alpha value is -3.82. The van der Waals surface area contributed by atoms with Crippen molar-refractivity contribution in [3.8, 4) is 34.4 Å². The first-order valence-electron chi connectivity index (χ1n) is 8.98. The minimum absolute atomic E-state index is 0.0258. The Kier molecular flexibility index (Phi) is 5.13. The smallest absolute Gasteiger partial charge is 0.266 e. The number of hydrogen-bond donors (Lipinski definition) is 3. The van der Waals surface area contributed by atoms with Crippen molar-refractivity contribution < 1.29 is 27.8 Å². The molecule has 3 aromatic rings. The average molecular weight is 416 g/mol. The molecule has 3 N–H and O–H groups in total. The van der Waals surface area contributed by atoms with E-state index in [0.29, 0.717) is 22.8 Å². The number of carbonyl (C=O) groups is 1. The summed E-state index contributed by atoms with van der Waals surface area (Å²) in [6, 6.07) is 6.40. The van der Waals surface area contributed by atoms with E-state index in [4.69, 9.17) is 14.2 Å². The number of benzene rings is 1. The lowest BCUT2D eigenvalue weighted by Gasteiger charge is -2.27. The van der Waals surface area contributed by atoms with Crippen molar-refractivity contribution in [1.29, 1.82) is 0 Å². The molecule has 0 spiro atoms. The maximum Gasteiger partial charge on any atom is 0.266 e. The maximum atomic E-state index is 13.4. The molecule has 10 heteroatoms. The molecular weight excluding hydrogens is 398 g/mol. The van der Waals surface area contributed by atoms with Gasteiger partial charge in [0.1, 0.15) is 22.9 Å². The molecule has 0 saturated carbocycles. The summed E-state index contributed by atoms with van der Waals surface area (Å²) in [5.41, 5.74) is 2.18. The van der Waals surface area contributed by atoms with Gasteiger partial charge in [-0.1, -0.05) is 0 Å². The molecule has 0 saturated heterocycles. The van der Waals surface area contributed by atoms with Crippen molar-refractivity contribution in [3.05, 3.63) is 42.2 Å². The van der Waals surface area contributed by atoms with Gasteiger partial charge in [-0.3, -0.25) is 4.79 Å². The van der Waals surface area contributed by atoms with Crippen molar-refractivity contribution in [3.63, 3.8) is 0 Å². The topological polar surface area (TPSA) is 97.5 Å². The highest BCUT2D eigenvalue weighted by molar-refractivity contribution is 6.04. The summed E-state index contributed by atoms with van der Waals surface area (Å²) in [4.78, 5) is 19.8. The number of aromatic nitrogens is 2. The first-order valence-corrected chi connectivity index (χ1v) is 8.98. The van der Waals surface area contributed by atoms with Crippen LogP contribution in [0.5, 0.6) is 23.0 Å². The van der Waals surface area contributed by atoms with Crippen LogP contribution in [0.3, 0.4) is 0 Å². The highest BCUT2D eigenvalue weighted by atomic mass is 19.2. The van der Waals surface area contributed by atoms with Crippen LogP contribution in [-0.2, 0) is 0 Å². The molecular formula is C20H18F2N4O4. The van der Waals surface area contributed by atoms with Crippen LogP contribution in [0.25, 0.3) is 11.4 Å². The quantitative estimate of drug-likeness (QED) is 0.441. The number of amides is 1. The van der Waals surface area contributed by atoms with Gasteiger partial charge in [-0.2, -0.15) is 4.39 Å². The Labute approximate surface area is 170 Å². The number of halogens is 2. The number of H-pyrrole nitrogens is 1. The van der Waals surface area contributed by atoms with Gasteiger partial charge in [0.15, 0.2) is 18.2 Å². The summed E-state index contributed by atoms with van der Waals surface area (Å²) in [6.07, 6.45) is 1.05. The van der Waals surface area contributed by atoms with Gasteiger partial charge in [-0.05, 0) is 12.1 Å². The monoisotopic (exact) mass is 416 g/mol. The second-order valence-electron chi connectivity index (χ2n) is 6.30. The number of pyridine rings is 1. The first-order chi connectivity index (χ1) is 14.5. The molecule has 8 nitrogen and oxygen atoms in total. The Morgan fingerprint density at radius 2 is 2.20 bits per heavy atom. The lowest BCUT2D eigenvalue weighted by atomic mass is 10.1. The van der Waals surface area contributed by atoms with E-state index in [1.807, 2.05) is 0 Å². The minimum Gasteiger partial charge on any atom is -0.494 e. The normalized spacial score (nSPS) is 12.7. The molecule has 1 amide bonds. The largest absolute Gasteiger partial charge is 0.494 e. The number of carbonyl (C=O) groups excluding carboxylic acids is 1. The van der Waals surface area contributed by atoms with Crippen LogP contribution in [0.2, 0.25) is 0 Å². The zero-order valence-corrected chi connectivity index (χ0v) is 16.1. The summed E-state index contributed by atoms with van der Waals surface area (Å²) in [5.74, 6) is 0.454. The van der Waals surface area contributed by atoms with Crippen LogP contribution in [0.4, 0.5) is 20.2 Å². The van der Waals surface area contributed by atoms with Crippen molar-refractivity contribution in [2.45, 2.75) is 6.36 Å². The molecule has 4 rings (SSSR count). The van der Waals surface area contributed by atoms with Crippen LogP contribution in [0.15, 0.2) is 36.7 Å². The third-order valence-electron chi connectivity index (χ3n) is 4.47. The first kappa shape index (κ1) is 19.5. The summed E-state index contributed by atoms with van der Waals surface area (Å²) >= 11 is 0. The fourth-order valence-electron chi connectivity index (χ4n) is 3.11. The number of ether oxygens (including phenoxy) is 3. The molecule has 156 valence electrons. The molecule has 1 unspecified atom stereocenters. The summed E-state index contributed by atoms with van der Waals surface area (Å²) < 4.78 is 42.3. The predicted molar refractivity (Wildman–Crippen MR) is 105 cm³/mol. The molecule has 1 atom stereocenters. The van der Waals surface area contributed by atoms with Crippen LogP contribution in [0.1, 0.15) is 10.4 Å². The van der Waals surface area contributed by atoms with E-state index in [1.54, 1.807) is 18.3 Å². The minimum atomic E-state index is -2.12. The highest BCUT2D eigenvalue weighted by Crippen LogP contribution is 2.52. The number of anilines is 2. The van der Waals surface area contributed by atoms with E-state index in [2.05, 4.69) is 20.6 Å². The van der Waals surface area contributed by atoms with Crippen molar-refractivity contribution in [1.82, 2.24) is 15.3 Å². The molecule has 0 radical (unpaired) electrons. The van der Waals surface area contributed by atoms with Crippen LogP contribution in [-0.4, -0.2) is 43.1 Å². The van der Waals surface area contributed by atoms with Crippen molar-refractivity contribution >= 4 is 17.3 Å². The van der Waals surface area contributed by atoms with E-state index in [0.717, 1.165) is 0 Å². The lowest BCUT2D eigenvalue weighted by Crippen LogP contribution is -2.21. The number of rotatable bonds is 6. The van der Waals surface area contributed by atoms with Gasteiger partial charge in [0.05, 0.1) is 24.1 Å². The maximum absolute atomic E-state index is 13.4. The third kappa shape index (κ3) is 3.36. The van der Waals surface area contributed by atoms with E-state index in [-0.39, 0.29) is 34.5 Å². The number of nitrogens with zero attached hydrogens (tertiary/aromatic N) is 1. The molecule has 3 heterocycles. The van der Waals surface area contributed by atoms with Gasteiger partial charge in [0.2, 0.25) is 0 Å². The molecule has 1 aromatic carbocycles. The highest BCUT2D eigenvalue weighted by Gasteiger charge is 2.30. The Morgan fingerprint density at radius 1 is 1.37 bits per heavy atom. The fraction of sp³-hybridized carbons (Fsp3) is 0.200. The van der Waals surface area contributed by atoms with Crippen molar-refractivity contribution in [2.24, 2.45) is 0 Å². The zero-order valence-electron chi connectivity index (χ0n) is 16.1. The van der Waals surface area contributed by atoms with Gasteiger partial charge in [0.25, 0.3) is 12.3 Å². The standard InChI is InChI=1S/C20H18F2N4O4/c1-23-20(27)11-9-25-17(12-4-3-5-24-12)19-16(11)26-18-13(28-2)6-10(7-14(18)30-19)29-15(22)8-21/h3-7,9,15,24,26H,8H2,1-2H3,(H,23,27). The van der Waals surface area contributed by atoms with Gasteiger partial charge >= 0.3 is 0 Å². The molecule has 0 aliphatic carbocycles. The van der Waals surface area contributed by atoms with Gasteiger partial charge < -0.3 is 29.8 Å². The second kappa shape index (κ2) is 7.90. The number of methoxy groups -OCH3 is 1. The molecule has 0 bridgehead atoms. The Balaban J connectivity index is 1.86. The SMILES string of the molecule is CNC(=O)c1cnc(-c2ccc[nH]2)c2c1Nc1c(OC)cc(OC(F)CF)cc1O2. The van der Waals surface area contributed by atoms with Gasteiger partial charge in [-0.15, -0.1) is 0 Å². The molecule has 2 aromatic heterocycles. The third-order valence-corrected chi connectivity index (χ3v) is 4.47. The van der Waals surface area contributed by atoms with E-state index < -0.39 is 13.0 Å². The van der Waals surface area contributed by atoms with Crippen LogP contribution < -0.4 is 24.8 Å². The average Bonchev–Trinajstić information content (AvgIpc) is 3.30. The Bertz CT molecular complexity index is 1090. The van der Waals surface area contributed by atoms with E-state index >= 15 is 0 Å². The van der Waals surface area contributed by atoms with Crippen LogP contribution >= 0.6 is 0 Å². The van der Waals surface area contributed by atoms with Gasteiger partial charge in [0, 0.05) is 31.6 Å². The van der Waals surface area contributed by atoms with Gasteiger partial charge in [-0.25, -0.2) is 9.37 Å². The summed E-state index contributed by atoms with van der Waals surface area (Å²) in [7, 11) is 2.92. The summed E-state index contributed by atoms with van der Waals surface area (Å²) in [6.45, 7) is -1.29. The molecule has 30 heavy (non-hydrogen) atoms. The Morgan fingerprint density at radius 3 is 2.87 bits per heavy atom. The number of aromatic amines is 1. The van der Waals surface area contributed by atoms with E-state index in [1.165, 1.54) is 32.5 Å². The second-order valence-corrected chi connectivity index (χ2v) is 6.30. The molecule has 0 fully saturated rings. The molecule has 1 aliphatic rings. The fourth-order valence-corrected chi connectivity index (χ4v) is 3.11. The molecule has 1 aliphatic heterocycles. The lowest BCUT2D eigenvalue weighted by molar-refractivity contribution is 0.0431. The number of nitrogens with one attached hydrogen (secondary N) is 3. The van der Waals surface area contributed by atoms with Crippen molar-refractivity contribution in [2.75, 3.05) is 26.1 Å². The number of hydrogen-bond acceptors (Lipinski definition) is 6. The number of fused-ring (bicyclic) bond motifs is 2. The summed E-state index contributed by atoms with van der Waals surface area (Å²) in [5, 5.41) is 5.72. The van der Waals surface area contributed by atoms with Crippen LogP contribution in [0, 0.1) is 0 Å². The number of alkyl halides is 2. The zero-order chi connectivity index (χ0) is 21.3. The van der Waals surface area contributed by atoms with E-state index in [9.17, 15) is 13.6 Å². The predicted octanol–water partition coefficient (Wildman–Crippen LogP) is 3.94.